The van der Waals surface area contributed by atoms with E-state index in [9.17, 15) is 13.2 Å². The standard InChI is InChI=1S/C20H24O7S/c1-3-25-19(20(21)22)14-16-7-9-17(10-8-16)26-12-11-15-5-4-6-18(13-15)27-28(2,23)24/h4-10,13,19H,3,11-12,14H2,1-2H3,(H,21,22). The van der Waals surface area contributed by atoms with Gasteiger partial charge in [-0.1, -0.05) is 24.3 Å². The van der Waals surface area contributed by atoms with Crippen molar-refractivity contribution in [3.63, 3.8) is 0 Å². The zero-order valence-corrected chi connectivity index (χ0v) is 16.6. The van der Waals surface area contributed by atoms with E-state index in [2.05, 4.69) is 0 Å². The van der Waals surface area contributed by atoms with Crippen molar-refractivity contribution in [2.45, 2.75) is 25.9 Å². The van der Waals surface area contributed by atoms with Gasteiger partial charge in [0.25, 0.3) is 0 Å². The predicted octanol–water partition coefficient (Wildman–Crippen LogP) is 2.68. The molecule has 0 bridgehead atoms. The van der Waals surface area contributed by atoms with Crippen LogP contribution in [0.15, 0.2) is 48.5 Å². The van der Waals surface area contributed by atoms with Crippen LogP contribution in [0, 0.1) is 0 Å². The lowest BCUT2D eigenvalue weighted by molar-refractivity contribution is -0.149. The zero-order chi connectivity index (χ0) is 20.6. The van der Waals surface area contributed by atoms with Crippen molar-refractivity contribution in [3.05, 3.63) is 59.7 Å². The zero-order valence-electron chi connectivity index (χ0n) is 15.8. The first kappa shape index (κ1) is 21.7. The molecule has 2 rings (SSSR count). The van der Waals surface area contributed by atoms with Crippen LogP contribution in [0.4, 0.5) is 0 Å². The molecule has 0 spiro atoms. The molecule has 7 nitrogen and oxygen atoms in total. The molecule has 0 saturated heterocycles. The summed E-state index contributed by atoms with van der Waals surface area (Å²) in [4.78, 5) is 11.1. The van der Waals surface area contributed by atoms with E-state index in [0.717, 1.165) is 17.4 Å². The number of ether oxygens (including phenoxy) is 2. The Bertz CT molecular complexity index is 876. The highest BCUT2D eigenvalue weighted by Gasteiger charge is 2.17. The summed E-state index contributed by atoms with van der Waals surface area (Å²) in [6, 6.07) is 14.0. The van der Waals surface area contributed by atoms with Gasteiger partial charge in [-0.15, -0.1) is 0 Å². The van der Waals surface area contributed by atoms with E-state index in [0.29, 0.717) is 25.4 Å². The van der Waals surface area contributed by atoms with Gasteiger partial charge in [0.2, 0.25) is 0 Å². The Morgan fingerprint density at radius 1 is 1.07 bits per heavy atom. The monoisotopic (exact) mass is 408 g/mol. The molecule has 2 aromatic rings. The first-order valence-electron chi connectivity index (χ1n) is 8.81. The van der Waals surface area contributed by atoms with Gasteiger partial charge in [-0.25, -0.2) is 4.79 Å². The Labute approximate surface area is 165 Å². The second-order valence-electron chi connectivity index (χ2n) is 6.16. The predicted molar refractivity (Wildman–Crippen MR) is 104 cm³/mol. The quantitative estimate of drug-likeness (QED) is 0.571. The van der Waals surface area contributed by atoms with Crippen LogP contribution in [0.3, 0.4) is 0 Å². The van der Waals surface area contributed by atoms with Crippen LogP contribution in [-0.2, 0) is 32.5 Å². The number of hydrogen-bond acceptors (Lipinski definition) is 6. The van der Waals surface area contributed by atoms with Crippen molar-refractivity contribution in [2.24, 2.45) is 0 Å². The number of carboxylic acids is 1. The second-order valence-corrected chi connectivity index (χ2v) is 7.74. The van der Waals surface area contributed by atoms with Crippen LogP contribution in [0.2, 0.25) is 0 Å². The summed E-state index contributed by atoms with van der Waals surface area (Å²) in [6.07, 6.45) is 1.00. The fraction of sp³-hybridized carbons (Fsp3) is 0.350. The number of hydrogen-bond donors (Lipinski definition) is 1. The van der Waals surface area contributed by atoms with Gasteiger partial charge >= 0.3 is 16.1 Å². The van der Waals surface area contributed by atoms with Gasteiger partial charge in [0.05, 0.1) is 12.9 Å². The van der Waals surface area contributed by atoms with Crippen LogP contribution >= 0.6 is 0 Å². The van der Waals surface area contributed by atoms with E-state index in [-0.39, 0.29) is 12.2 Å². The summed E-state index contributed by atoms with van der Waals surface area (Å²) in [7, 11) is -3.56. The van der Waals surface area contributed by atoms with E-state index in [4.69, 9.17) is 18.8 Å². The smallest absolute Gasteiger partial charge is 0.333 e. The van der Waals surface area contributed by atoms with E-state index < -0.39 is 22.2 Å². The van der Waals surface area contributed by atoms with E-state index in [1.807, 2.05) is 18.2 Å². The van der Waals surface area contributed by atoms with Crippen LogP contribution < -0.4 is 8.92 Å². The van der Waals surface area contributed by atoms with Crippen LogP contribution in [0.1, 0.15) is 18.1 Å². The SMILES string of the molecule is CCOC(Cc1ccc(OCCc2cccc(OS(C)(=O)=O)c2)cc1)C(=O)O. The fourth-order valence-electron chi connectivity index (χ4n) is 2.57. The van der Waals surface area contributed by atoms with E-state index in [1.54, 1.807) is 37.3 Å². The molecular weight excluding hydrogens is 384 g/mol. The Balaban J connectivity index is 1.87. The average Bonchev–Trinajstić information content (AvgIpc) is 2.61. The second kappa shape index (κ2) is 10.1. The molecule has 0 aliphatic rings. The number of carboxylic acid groups (broad SMARTS) is 1. The summed E-state index contributed by atoms with van der Waals surface area (Å²) in [5, 5.41) is 9.13. The van der Waals surface area contributed by atoms with Crippen molar-refractivity contribution in [2.75, 3.05) is 19.5 Å². The molecule has 152 valence electrons. The van der Waals surface area contributed by atoms with Gasteiger partial charge in [-0.05, 0) is 42.3 Å². The third-order valence-electron chi connectivity index (χ3n) is 3.79. The van der Waals surface area contributed by atoms with Crippen molar-refractivity contribution >= 4 is 16.1 Å². The molecule has 0 aromatic heterocycles. The molecule has 1 unspecified atom stereocenters. The molecule has 0 amide bonds. The van der Waals surface area contributed by atoms with E-state index in [1.165, 1.54) is 0 Å². The van der Waals surface area contributed by atoms with Gasteiger partial charge in [0.1, 0.15) is 11.5 Å². The third-order valence-corrected chi connectivity index (χ3v) is 4.29. The molecule has 1 N–H and O–H groups in total. The van der Waals surface area contributed by atoms with E-state index >= 15 is 0 Å². The lowest BCUT2D eigenvalue weighted by Gasteiger charge is -2.13. The summed E-state index contributed by atoms with van der Waals surface area (Å²) >= 11 is 0. The minimum absolute atomic E-state index is 0.270. The largest absolute Gasteiger partial charge is 0.493 e. The van der Waals surface area contributed by atoms with Gasteiger partial charge in [0.15, 0.2) is 6.10 Å². The number of benzene rings is 2. The third kappa shape index (κ3) is 7.58. The Hall–Kier alpha value is -2.58. The molecule has 0 saturated carbocycles. The van der Waals surface area contributed by atoms with Gasteiger partial charge < -0.3 is 18.8 Å². The normalized spacial score (nSPS) is 12.4. The van der Waals surface area contributed by atoms with Crippen molar-refractivity contribution in [3.8, 4) is 11.5 Å². The average molecular weight is 408 g/mol. The van der Waals surface area contributed by atoms with Crippen LogP contribution in [0.25, 0.3) is 0 Å². The maximum atomic E-state index is 11.2. The van der Waals surface area contributed by atoms with Gasteiger partial charge in [-0.2, -0.15) is 8.42 Å². The molecule has 8 heteroatoms. The molecule has 0 fully saturated rings. The molecule has 0 radical (unpaired) electrons. The van der Waals surface area contributed by atoms with Gasteiger partial charge in [0, 0.05) is 19.4 Å². The Morgan fingerprint density at radius 3 is 2.39 bits per heavy atom. The molecular formula is C20H24O7S. The molecule has 0 heterocycles. The molecule has 0 aliphatic carbocycles. The number of rotatable bonds is 11. The van der Waals surface area contributed by atoms with Crippen LogP contribution in [0.5, 0.6) is 11.5 Å². The van der Waals surface area contributed by atoms with Crippen molar-refractivity contribution < 1.29 is 32.0 Å². The van der Waals surface area contributed by atoms with Crippen LogP contribution in [-0.4, -0.2) is 45.1 Å². The minimum atomic E-state index is -3.56. The van der Waals surface area contributed by atoms with Crippen molar-refractivity contribution in [1.29, 1.82) is 0 Å². The number of aliphatic carboxylic acids is 1. The summed E-state index contributed by atoms with van der Waals surface area (Å²) in [6.45, 7) is 2.50. The maximum Gasteiger partial charge on any atom is 0.333 e. The first-order chi connectivity index (χ1) is 13.3. The fourth-order valence-corrected chi connectivity index (χ4v) is 3.02. The number of carbonyl (C=O) groups is 1. The van der Waals surface area contributed by atoms with Gasteiger partial charge in [-0.3, -0.25) is 0 Å². The Kier molecular flexibility index (Phi) is 7.83. The minimum Gasteiger partial charge on any atom is -0.493 e. The highest BCUT2D eigenvalue weighted by Crippen LogP contribution is 2.17. The molecule has 0 aliphatic heterocycles. The summed E-state index contributed by atoms with van der Waals surface area (Å²) in [5.74, 6) is -0.0496. The first-order valence-corrected chi connectivity index (χ1v) is 10.6. The summed E-state index contributed by atoms with van der Waals surface area (Å²) < 4.78 is 38.2. The Morgan fingerprint density at radius 2 is 1.79 bits per heavy atom. The molecule has 1 atom stereocenters. The van der Waals surface area contributed by atoms with Crippen molar-refractivity contribution in [1.82, 2.24) is 0 Å². The maximum absolute atomic E-state index is 11.2. The highest BCUT2D eigenvalue weighted by molar-refractivity contribution is 7.86. The molecule has 28 heavy (non-hydrogen) atoms. The lowest BCUT2D eigenvalue weighted by Crippen LogP contribution is -2.26. The summed E-state index contributed by atoms with van der Waals surface area (Å²) in [5.41, 5.74) is 1.73. The molecule has 2 aromatic carbocycles. The topological polar surface area (TPSA) is 99.1 Å². The lowest BCUT2D eigenvalue weighted by atomic mass is 10.1. The highest BCUT2D eigenvalue weighted by atomic mass is 32.2.